The predicted octanol–water partition coefficient (Wildman–Crippen LogP) is 4.60. The Morgan fingerprint density at radius 2 is 1.93 bits per heavy atom. The predicted molar refractivity (Wildman–Crippen MR) is 117 cm³/mol. The number of nitrogens with zero attached hydrogens (tertiary/aromatic N) is 3. The molecule has 0 spiro atoms. The Hall–Kier alpha value is -3.06. The van der Waals surface area contributed by atoms with E-state index in [1.165, 1.54) is 5.56 Å². The maximum atomic E-state index is 12.9. The van der Waals surface area contributed by atoms with E-state index >= 15 is 0 Å². The molecule has 152 valence electrons. The zero-order valence-electron chi connectivity index (χ0n) is 16.7. The number of thioether (sulfide) groups is 1. The molecule has 0 amide bonds. The van der Waals surface area contributed by atoms with Crippen molar-refractivity contribution in [2.24, 2.45) is 0 Å². The molecule has 2 aromatic carbocycles. The van der Waals surface area contributed by atoms with Crippen molar-refractivity contribution in [2.75, 3.05) is 12.4 Å². The fourth-order valence-electron chi connectivity index (χ4n) is 4.01. The third-order valence-electron chi connectivity index (χ3n) is 5.49. The summed E-state index contributed by atoms with van der Waals surface area (Å²) in [5.41, 5.74) is 4.02. The Balaban J connectivity index is 1.51. The highest BCUT2D eigenvalue weighted by atomic mass is 32.2. The van der Waals surface area contributed by atoms with Crippen LogP contribution in [0.1, 0.15) is 36.4 Å². The molecule has 3 aromatic rings. The Kier molecular flexibility index (Phi) is 5.04. The first-order valence-electron chi connectivity index (χ1n) is 10.0. The largest absolute Gasteiger partial charge is 0.497 e. The van der Waals surface area contributed by atoms with Gasteiger partial charge in [-0.25, -0.2) is 4.68 Å². The Morgan fingerprint density at radius 3 is 2.70 bits per heavy atom. The summed E-state index contributed by atoms with van der Waals surface area (Å²) in [6.07, 6.45) is 2.30. The maximum absolute atomic E-state index is 12.9. The van der Waals surface area contributed by atoms with Crippen molar-refractivity contribution in [3.63, 3.8) is 0 Å². The molecule has 1 aliphatic heterocycles. The van der Waals surface area contributed by atoms with Crippen LogP contribution in [0.2, 0.25) is 0 Å². The van der Waals surface area contributed by atoms with Crippen LogP contribution in [0.15, 0.2) is 71.0 Å². The minimum Gasteiger partial charge on any atom is -0.497 e. The Morgan fingerprint density at radius 1 is 1.13 bits per heavy atom. The molecule has 0 radical (unpaired) electrons. The fourth-order valence-corrected chi connectivity index (χ4v) is 4.80. The molecule has 0 unspecified atom stereocenters. The Labute approximate surface area is 179 Å². The number of benzene rings is 2. The Bertz CT molecular complexity index is 1110. The number of rotatable bonds is 5. The highest BCUT2D eigenvalue weighted by molar-refractivity contribution is 7.98. The van der Waals surface area contributed by atoms with Gasteiger partial charge in [0.15, 0.2) is 5.78 Å². The molecule has 0 saturated carbocycles. The van der Waals surface area contributed by atoms with Crippen LogP contribution in [-0.4, -0.2) is 27.7 Å². The van der Waals surface area contributed by atoms with Crippen LogP contribution in [0.5, 0.6) is 5.75 Å². The summed E-state index contributed by atoms with van der Waals surface area (Å²) in [7, 11) is 1.65. The van der Waals surface area contributed by atoms with Gasteiger partial charge in [-0.05, 0) is 36.1 Å². The van der Waals surface area contributed by atoms with Gasteiger partial charge in [-0.3, -0.25) is 4.79 Å². The van der Waals surface area contributed by atoms with E-state index in [0.717, 1.165) is 41.2 Å². The number of nitrogens with one attached hydrogen (secondary N) is 1. The van der Waals surface area contributed by atoms with Gasteiger partial charge >= 0.3 is 0 Å². The van der Waals surface area contributed by atoms with Crippen LogP contribution < -0.4 is 10.1 Å². The van der Waals surface area contributed by atoms with Crippen molar-refractivity contribution in [1.29, 1.82) is 0 Å². The summed E-state index contributed by atoms with van der Waals surface area (Å²) in [4.78, 5) is 17.6. The van der Waals surface area contributed by atoms with Crippen molar-refractivity contribution in [2.45, 2.75) is 36.2 Å². The molecular formula is C23H22N4O2S. The zero-order chi connectivity index (χ0) is 20.5. The molecular weight excluding hydrogens is 396 g/mol. The average molecular weight is 419 g/mol. The summed E-state index contributed by atoms with van der Waals surface area (Å²) >= 11 is 1.60. The molecule has 5 rings (SSSR count). The quantitative estimate of drug-likeness (QED) is 0.611. The van der Waals surface area contributed by atoms with Crippen molar-refractivity contribution >= 4 is 23.5 Å². The third-order valence-corrected chi connectivity index (χ3v) is 6.40. The molecule has 1 N–H and O–H groups in total. The second-order valence-electron chi connectivity index (χ2n) is 7.41. The molecule has 1 aliphatic carbocycles. The minimum atomic E-state index is -0.270. The van der Waals surface area contributed by atoms with Gasteiger partial charge in [-0.1, -0.05) is 54.2 Å². The van der Waals surface area contributed by atoms with Crippen LogP contribution in [0, 0.1) is 0 Å². The first kappa shape index (κ1) is 18.9. The standard InChI is InChI=1S/C23H22N4O2S/c1-29-17-12-10-16(11-13-17)21-20-18(8-5-9-19(20)28)24-22-25-23(26-27(21)22)30-14-15-6-3-2-4-7-15/h2-4,6-7,10-13,21H,5,8-9,14H2,1H3,(H,24,25,26)/t21-/m0/s1. The number of carbonyl (C=O) groups excluding carboxylic acids is 1. The number of anilines is 1. The van der Waals surface area contributed by atoms with E-state index in [1.54, 1.807) is 18.9 Å². The van der Waals surface area contributed by atoms with Gasteiger partial charge in [0.05, 0.1) is 7.11 Å². The number of aromatic nitrogens is 3. The second kappa shape index (κ2) is 7.99. The summed E-state index contributed by atoms with van der Waals surface area (Å²) in [5.74, 6) is 2.46. The lowest BCUT2D eigenvalue weighted by Crippen LogP contribution is -2.31. The van der Waals surface area contributed by atoms with Crippen LogP contribution in [-0.2, 0) is 10.5 Å². The molecule has 6 nitrogen and oxygen atoms in total. The van der Waals surface area contributed by atoms with E-state index in [2.05, 4.69) is 17.4 Å². The number of carbonyl (C=O) groups is 1. The van der Waals surface area contributed by atoms with Crippen molar-refractivity contribution < 1.29 is 9.53 Å². The van der Waals surface area contributed by atoms with E-state index in [4.69, 9.17) is 14.8 Å². The normalized spacial score (nSPS) is 17.9. The molecule has 2 aliphatic rings. The fraction of sp³-hybridized carbons (Fsp3) is 0.261. The summed E-state index contributed by atoms with van der Waals surface area (Å²) in [6.45, 7) is 0. The SMILES string of the molecule is COc1ccc([C@H]2C3=C(CCCC3=O)Nc3nc(SCc4ccccc4)nn32)cc1. The maximum Gasteiger partial charge on any atom is 0.227 e. The van der Waals surface area contributed by atoms with Crippen LogP contribution in [0.3, 0.4) is 0 Å². The van der Waals surface area contributed by atoms with E-state index < -0.39 is 0 Å². The average Bonchev–Trinajstić information content (AvgIpc) is 3.20. The lowest BCUT2D eigenvalue weighted by molar-refractivity contribution is -0.116. The number of ether oxygens (including phenoxy) is 1. The molecule has 2 heterocycles. The highest BCUT2D eigenvalue weighted by Gasteiger charge is 2.36. The second-order valence-corrected chi connectivity index (χ2v) is 8.35. The first-order chi connectivity index (χ1) is 14.7. The molecule has 7 heteroatoms. The smallest absolute Gasteiger partial charge is 0.227 e. The van der Waals surface area contributed by atoms with E-state index in [-0.39, 0.29) is 11.8 Å². The zero-order valence-corrected chi connectivity index (χ0v) is 17.5. The van der Waals surface area contributed by atoms with Gasteiger partial charge in [0.25, 0.3) is 0 Å². The van der Waals surface area contributed by atoms with Gasteiger partial charge in [0, 0.05) is 23.4 Å². The first-order valence-corrected chi connectivity index (χ1v) is 11.0. The molecule has 30 heavy (non-hydrogen) atoms. The highest BCUT2D eigenvalue weighted by Crippen LogP contribution is 2.41. The van der Waals surface area contributed by atoms with Crippen LogP contribution >= 0.6 is 11.8 Å². The van der Waals surface area contributed by atoms with Crippen molar-refractivity contribution in [1.82, 2.24) is 14.8 Å². The lowest BCUT2D eigenvalue weighted by atomic mass is 9.85. The molecule has 0 saturated heterocycles. The number of methoxy groups -OCH3 is 1. The molecule has 1 atom stereocenters. The molecule has 0 bridgehead atoms. The lowest BCUT2D eigenvalue weighted by Gasteiger charge is -2.32. The van der Waals surface area contributed by atoms with Crippen LogP contribution in [0.25, 0.3) is 0 Å². The summed E-state index contributed by atoms with van der Waals surface area (Å²) < 4.78 is 7.16. The minimum absolute atomic E-state index is 0.184. The summed E-state index contributed by atoms with van der Waals surface area (Å²) in [6, 6.07) is 17.9. The van der Waals surface area contributed by atoms with E-state index in [1.807, 2.05) is 47.1 Å². The number of allylic oxidation sites excluding steroid dienone is 2. The van der Waals surface area contributed by atoms with Crippen molar-refractivity contribution in [3.8, 4) is 5.75 Å². The van der Waals surface area contributed by atoms with Gasteiger partial charge in [0.1, 0.15) is 11.8 Å². The number of Topliss-reactive ketones (excluding diaryl/α,β-unsaturated/α-hetero) is 1. The monoisotopic (exact) mass is 418 g/mol. The number of hydrogen-bond acceptors (Lipinski definition) is 6. The third kappa shape index (κ3) is 3.50. The van der Waals surface area contributed by atoms with Gasteiger partial charge < -0.3 is 10.1 Å². The topological polar surface area (TPSA) is 69.0 Å². The van der Waals surface area contributed by atoms with Gasteiger partial charge in [0.2, 0.25) is 11.1 Å². The summed E-state index contributed by atoms with van der Waals surface area (Å²) in [5, 5.41) is 8.86. The van der Waals surface area contributed by atoms with Crippen LogP contribution in [0.4, 0.5) is 5.95 Å². The number of hydrogen-bond donors (Lipinski definition) is 1. The molecule has 0 fully saturated rings. The van der Waals surface area contributed by atoms with Gasteiger partial charge in [-0.15, -0.1) is 5.10 Å². The molecule has 1 aromatic heterocycles. The number of ketones is 1. The van der Waals surface area contributed by atoms with E-state index in [0.29, 0.717) is 17.5 Å². The van der Waals surface area contributed by atoms with Crippen molar-refractivity contribution in [3.05, 3.63) is 77.0 Å². The number of fused-ring (bicyclic) bond motifs is 1. The van der Waals surface area contributed by atoms with Gasteiger partial charge in [-0.2, -0.15) is 4.98 Å². The van der Waals surface area contributed by atoms with E-state index in [9.17, 15) is 4.79 Å².